The number of hydrogen-bond acceptors (Lipinski definition) is 5. The number of nitrogen functional groups attached to an aromatic ring is 1. The first-order valence-corrected chi connectivity index (χ1v) is 6.23. The van der Waals surface area contributed by atoms with Crippen molar-refractivity contribution < 1.29 is 0 Å². The van der Waals surface area contributed by atoms with Crippen LogP contribution in [-0.2, 0) is 6.54 Å². The molecular formula is C13H16ClN5. The topological polar surface area (TPSA) is 67.1 Å². The van der Waals surface area contributed by atoms with Gasteiger partial charge in [0.2, 0.25) is 0 Å². The normalized spacial score (nSPS) is 10.3. The largest absolute Gasteiger partial charge is 0.355 e. The SMILES string of the molecule is Cc1c(NN)ncnc1N(C)Cc1ccc(Cl)cc1. The van der Waals surface area contributed by atoms with Crippen molar-refractivity contribution in [1.29, 1.82) is 0 Å². The van der Waals surface area contributed by atoms with Crippen molar-refractivity contribution in [3.05, 3.63) is 46.7 Å². The van der Waals surface area contributed by atoms with E-state index in [0.717, 1.165) is 28.5 Å². The number of nitrogens with two attached hydrogens (primary N) is 1. The van der Waals surface area contributed by atoms with Crippen LogP contribution in [0.15, 0.2) is 30.6 Å². The van der Waals surface area contributed by atoms with Crippen LogP contribution >= 0.6 is 11.6 Å². The lowest BCUT2D eigenvalue weighted by atomic mass is 10.2. The number of anilines is 2. The highest BCUT2D eigenvalue weighted by molar-refractivity contribution is 6.30. The van der Waals surface area contributed by atoms with Gasteiger partial charge in [-0.05, 0) is 24.6 Å². The summed E-state index contributed by atoms with van der Waals surface area (Å²) in [6.07, 6.45) is 1.50. The highest BCUT2D eigenvalue weighted by Gasteiger charge is 2.10. The molecule has 0 fully saturated rings. The summed E-state index contributed by atoms with van der Waals surface area (Å²) in [5.74, 6) is 6.89. The summed E-state index contributed by atoms with van der Waals surface area (Å²) >= 11 is 5.87. The van der Waals surface area contributed by atoms with E-state index < -0.39 is 0 Å². The Morgan fingerprint density at radius 1 is 1.26 bits per heavy atom. The van der Waals surface area contributed by atoms with Crippen LogP contribution < -0.4 is 16.2 Å². The molecule has 0 saturated carbocycles. The van der Waals surface area contributed by atoms with E-state index in [1.54, 1.807) is 0 Å². The van der Waals surface area contributed by atoms with E-state index in [1.807, 2.05) is 43.1 Å². The van der Waals surface area contributed by atoms with Crippen molar-refractivity contribution in [3.63, 3.8) is 0 Å². The summed E-state index contributed by atoms with van der Waals surface area (Å²) in [6.45, 7) is 2.67. The van der Waals surface area contributed by atoms with Gasteiger partial charge in [-0.25, -0.2) is 15.8 Å². The maximum Gasteiger partial charge on any atom is 0.148 e. The molecule has 6 heteroatoms. The molecule has 0 amide bonds. The summed E-state index contributed by atoms with van der Waals surface area (Å²) < 4.78 is 0. The highest BCUT2D eigenvalue weighted by Crippen LogP contribution is 2.22. The Morgan fingerprint density at radius 3 is 2.58 bits per heavy atom. The molecule has 0 atom stereocenters. The van der Waals surface area contributed by atoms with E-state index in [0.29, 0.717) is 5.82 Å². The van der Waals surface area contributed by atoms with Gasteiger partial charge in [0, 0.05) is 24.2 Å². The van der Waals surface area contributed by atoms with Gasteiger partial charge in [-0.1, -0.05) is 23.7 Å². The fourth-order valence-corrected chi connectivity index (χ4v) is 2.04. The molecule has 0 spiro atoms. The molecule has 0 bridgehead atoms. The van der Waals surface area contributed by atoms with Crippen molar-refractivity contribution in [1.82, 2.24) is 9.97 Å². The minimum atomic E-state index is 0.632. The lowest BCUT2D eigenvalue weighted by Crippen LogP contribution is -2.20. The minimum absolute atomic E-state index is 0.632. The molecule has 1 aromatic heterocycles. The second-order valence-electron chi connectivity index (χ2n) is 4.30. The van der Waals surface area contributed by atoms with Gasteiger partial charge in [0.15, 0.2) is 0 Å². The first-order valence-electron chi connectivity index (χ1n) is 5.85. The zero-order chi connectivity index (χ0) is 13.8. The molecular weight excluding hydrogens is 262 g/mol. The molecule has 0 aliphatic heterocycles. The predicted molar refractivity (Wildman–Crippen MR) is 78.1 cm³/mol. The van der Waals surface area contributed by atoms with Gasteiger partial charge in [-0.3, -0.25) is 0 Å². The summed E-state index contributed by atoms with van der Waals surface area (Å²) in [6, 6.07) is 7.75. The van der Waals surface area contributed by atoms with Crippen molar-refractivity contribution in [2.45, 2.75) is 13.5 Å². The maximum atomic E-state index is 5.87. The highest BCUT2D eigenvalue weighted by atomic mass is 35.5. The molecule has 0 unspecified atom stereocenters. The molecule has 2 rings (SSSR count). The van der Waals surface area contributed by atoms with Crippen molar-refractivity contribution >= 4 is 23.2 Å². The second kappa shape index (κ2) is 5.86. The van der Waals surface area contributed by atoms with Gasteiger partial charge in [-0.2, -0.15) is 0 Å². The third kappa shape index (κ3) is 3.13. The Bertz CT molecular complexity index is 555. The van der Waals surface area contributed by atoms with Gasteiger partial charge in [0.1, 0.15) is 18.0 Å². The molecule has 1 heterocycles. The zero-order valence-corrected chi connectivity index (χ0v) is 11.6. The Hall–Kier alpha value is -1.85. The average Bonchev–Trinajstić information content (AvgIpc) is 2.41. The molecule has 5 nitrogen and oxygen atoms in total. The molecule has 2 aromatic rings. The van der Waals surface area contributed by atoms with Gasteiger partial charge < -0.3 is 10.3 Å². The quantitative estimate of drug-likeness (QED) is 0.663. The minimum Gasteiger partial charge on any atom is -0.355 e. The van der Waals surface area contributed by atoms with E-state index in [9.17, 15) is 0 Å². The number of hydrogen-bond donors (Lipinski definition) is 2. The standard InChI is InChI=1S/C13H16ClN5/c1-9-12(18-15)16-8-17-13(9)19(2)7-10-3-5-11(14)6-4-10/h3-6,8H,7,15H2,1-2H3,(H,16,17,18). The Labute approximate surface area is 117 Å². The number of nitrogens with zero attached hydrogens (tertiary/aromatic N) is 3. The van der Waals surface area contributed by atoms with Crippen LogP contribution in [0.1, 0.15) is 11.1 Å². The zero-order valence-electron chi connectivity index (χ0n) is 10.9. The Kier molecular flexibility index (Phi) is 4.19. The molecule has 100 valence electrons. The number of nitrogens with one attached hydrogen (secondary N) is 1. The number of aromatic nitrogens is 2. The van der Waals surface area contributed by atoms with Crippen LogP contribution in [0.4, 0.5) is 11.6 Å². The fourth-order valence-electron chi connectivity index (χ4n) is 1.91. The third-order valence-electron chi connectivity index (χ3n) is 2.89. The number of benzene rings is 1. The Morgan fingerprint density at radius 2 is 1.95 bits per heavy atom. The molecule has 0 aliphatic carbocycles. The summed E-state index contributed by atoms with van der Waals surface area (Å²) in [4.78, 5) is 10.4. The van der Waals surface area contributed by atoms with Crippen LogP contribution in [0.25, 0.3) is 0 Å². The monoisotopic (exact) mass is 277 g/mol. The second-order valence-corrected chi connectivity index (χ2v) is 4.73. The van der Waals surface area contributed by atoms with E-state index in [4.69, 9.17) is 17.4 Å². The average molecular weight is 278 g/mol. The third-order valence-corrected chi connectivity index (χ3v) is 3.14. The number of hydrazine groups is 1. The summed E-state index contributed by atoms with van der Waals surface area (Å²) in [7, 11) is 1.98. The summed E-state index contributed by atoms with van der Waals surface area (Å²) in [5, 5.41) is 0.735. The lowest BCUT2D eigenvalue weighted by molar-refractivity contribution is 0.882. The van der Waals surface area contributed by atoms with Gasteiger partial charge >= 0.3 is 0 Å². The van der Waals surface area contributed by atoms with E-state index in [2.05, 4.69) is 15.4 Å². The molecule has 0 saturated heterocycles. The maximum absolute atomic E-state index is 5.87. The molecule has 0 radical (unpaired) electrons. The van der Waals surface area contributed by atoms with Crippen LogP contribution in [0.5, 0.6) is 0 Å². The van der Waals surface area contributed by atoms with Crippen LogP contribution in [0, 0.1) is 6.92 Å². The smallest absolute Gasteiger partial charge is 0.148 e. The molecule has 1 aromatic carbocycles. The van der Waals surface area contributed by atoms with Crippen LogP contribution in [-0.4, -0.2) is 17.0 Å². The fraction of sp³-hybridized carbons (Fsp3) is 0.231. The van der Waals surface area contributed by atoms with Gasteiger partial charge in [0.25, 0.3) is 0 Å². The van der Waals surface area contributed by atoms with E-state index in [-0.39, 0.29) is 0 Å². The molecule has 0 aliphatic rings. The Balaban J connectivity index is 2.20. The summed E-state index contributed by atoms with van der Waals surface area (Å²) in [5.41, 5.74) is 4.64. The first-order chi connectivity index (χ1) is 9.11. The predicted octanol–water partition coefficient (Wildman–Crippen LogP) is 2.36. The number of halogens is 1. The van der Waals surface area contributed by atoms with E-state index in [1.165, 1.54) is 6.33 Å². The van der Waals surface area contributed by atoms with Crippen molar-refractivity contribution in [3.8, 4) is 0 Å². The van der Waals surface area contributed by atoms with Gasteiger partial charge in [0.05, 0.1) is 0 Å². The molecule has 3 N–H and O–H groups in total. The van der Waals surface area contributed by atoms with Gasteiger partial charge in [-0.15, -0.1) is 0 Å². The first kappa shape index (κ1) is 13.6. The van der Waals surface area contributed by atoms with E-state index >= 15 is 0 Å². The van der Waals surface area contributed by atoms with Crippen LogP contribution in [0.3, 0.4) is 0 Å². The lowest BCUT2D eigenvalue weighted by Gasteiger charge is -2.21. The number of rotatable bonds is 4. The molecule has 19 heavy (non-hydrogen) atoms. The van der Waals surface area contributed by atoms with Crippen molar-refractivity contribution in [2.75, 3.05) is 17.4 Å². The van der Waals surface area contributed by atoms with Crippen molar-refractivity contribution in [2.24, 2.45) is 5.84 Å². The van der Waals surface area contributed by atoms with Crippen LogP contribution in [0.2, 0.25) is 5.02 Å².